The number of aliphatic hydroxyl groups is 1. The van der Waals surface area contributed by atoms with Gasteiger partial charge < -0.3 is 28.8 Å². The van der Waals surface area contributed by atoms with Gasteiger partial charge in [-0.3, -0.25) is 0 Å². The predicted octanol–water partition coefficient (Wildman–Crippen LogP) is 2.97. The van der Waals surface area contributed by atoms with Gasteiger partial charge >= 0.3 is 0 Å². The Morgan fingerprint density at radius 1 is 1.00 bits per heavy atom. The molecule has 2 fully saturated rings. The zero-order valence-electron chi connectivity index (χ0n) is 16.1. The number of ether oxygens (including phenoxy) is 5. The Labute approximate surface area is 170 Å². The fourth-order valence-corrected chi connectivity index (χ4v) is 3.60. The Morgan fingerprint density at radius 3 is 2.45 bits per heavy atom. The van der Waals surface area contributed by atoms with Gasteiger partial charge in [-0.1, -0.05) is 66.7 Å². The summed E-state index contributed by atoms with van der Waals surface area (Å²) in [5.74, 6) is 0. The molecule has 1 N–H and O–H groups in total. The lowest BCUT2D eigenvalue weighted by Gasteiger charge is -2.47. The van der Waals surface area contributed by atoms with Gasteiger partial charge in [0.2, 0.25) is 0 Å². The second kappa shape index (κ2) is 9.63. The van der Waals surface area contributed by atoms with Gasteiger partial charge in [-0.2, -0.15) is 0 Å². The van der Waals surface area contributed by atoms with E-state index in [4.69, 9.17) is 23.7 Å². The monoisotopic (exact) mass is 398 g/mol. The zero-order valence-corrected chi connectivity index (χ0v) is 16.1. The van der Waals surface area contributed by atoms with Crippen LogP contribution >= 0.6 is 0 Å². The maximum absolute atomic E-state index is 10.9. The minimum atomic E-state index is -1.01. The molecule has 2 aliphatic heterocycles. The molecule has 0 spiro atoms. The molecule has 2 heterocycles. The van der Waals surface area contributed by atoms with E-state index >= 15 is 0 Å². The smallest absolute Gasteiger partial charge is 0.187 e. The van der Waals surface area contributed by atoms with E-state index in [1.54, 1.807) is 6.08 Å². The first-order valence-corrected chi connectivity index (χ1v) is 9.80. The lowest BCUT2D eigenvalue weighted by atomic mass is 9.97. The number of hydrogen-bond donors (Lipinski definition) is 1. The second-order valence-electron chi connectivity index (χ2n) is 7.09. The van der Waals surface area contributed by atoms with Crippen molar-refractivity contribution in [2.45, 2.75) is 43.6 Å². The van der Waals surface area contributed by atoms with Gasteiger partial charge in [-0.25, -0.2) is 0 Å². The first-order valence-electron chi connectivity index (χ1n) is 9.80. The van der Waals surface area contributed by atoms with Gasteiger partial charge in [-0.05, 0) is 5.56 Å². The quantitative estimate of drug-likeness (QED) is 0.724. The highest BCUT2D eigenvalue weighted by molar-refractivity contribution is 5.17. The van der Waals surface area contributed by atoms with Crippen molar-refractivity contribution in [1.82, 2.24) is 0 Å². The van der Waals surface area contributed by atoms with Crippen molar-refractivity contribution in [3.8, 4) is 0 Å². The molecule has 2 aromatic rings. The molecule has 0 bridgehead atoms. The molecule has 154 valence electrons. The molecule has 6 atom stereocenters. The maximum Gasteiger partial charge on any atom is 0.187 e. The number of fused-ring (bicyclic) bond motifs is 1. The average Bonchev–Trinajstić information content (AvgIpc) is 2.78. The van der Waals surface area contributed by atoms with Crippen molar-refractivity contribution in [2.24, 2.45) is 0 Å². The summed E-state index contributed by atoms with van der Waals surface area (Å²) < 4.78 is 29.7. The topological polar surface area (TPSA) is 66.4 Å². The van der Waals surface area contributed by atoms with Gasteiger partial charge in [0, 0.05) is 5.56 Å². The third kappa shape index (κ3) is 4.75. The average molecular weight is 398 g/mol. The summed E-state index contributed by atoms with van der Waals surface area (Å²) in [7, 11) is 0. The molecule has 2 aliphatic rings. The number of aliphatic hydroxyl groups excluding tert-OH is 1. The molecule has 0 amide bonds. The summed E-state index contributed by atoms with van der Waals surface area (Å²) in [6, 6.07) is 19.4. The molecule has 2 saturated heterocycles. The molecule has 0 aromatic heterocycles. The van der Waals surface area contributed by atoms with E-state index < -0.39 is 37.0 Å². The van der Waals surface area contributed by atoms with Crippen molar-refractivity contribution < 1.29 is 28.8 Å². The van der Waals surface area contributed by atoms with Crippen molar-refractivity contribution in [3.63, 3.8) is 0 Å². The van der Waals surface area contributed by atoms with E-state index in [1.165, 1.54) is 0 Å². The Morgan fingerprint density at radius 2 is 1.72 bits per heavy atom. The van der Waals surface area contributed by atoms with Crippen molar-refractivity contribution in [2.75, 3.05) is 13.2 Å². The van der Waals surface area contributed by atoms with Crippen LogP contribution in [0.25, 0.3) is 0 Å². The number of rotatable bonds is 7. The van der Waals surface area contributed by atoms with E-state index in [9.17, 15) is 5.11 Å². The number of benzene rings is 2. The summed E-state index contributed by atoms with van der Waals surface area (Å²) >= 11 is 0. The van der Waals surface area contributed by atoms with Gasteiger partial charge in [0.15, 0.2) is 12.6 Å². The minimum absolute atomic E-state index is 0.288. The Kier molecular flexibility index (Phi) is 6.71. The molecule has 29 heavy (non-hydrogen) atoms. The molecule has 0 unspecified atom stereocenters. The third-order valence-electron chi connectivity index (χ3n) is 5.04. The largest absolute Gasteiger partial charge is 0.385 e. The van der Waals surface area contributed by atoms with Crippen LogP contribution in [0.2, 0.25) is 0 Å². The molecule has 0 aliphatic carbocycles. The predicted molar refractivity (Wildman–Crippen MR) is 106 cm³/mol. The summed E-state index contributed by atoms with van der Waals surface area (Å²) in [6.45, 7) is 4.62. The van der Waals surface area contributed by atoms with Crippen LogP contribution in [0.5, 0.6) is 0 Å². The standard InChI is InChI=1S/C23H26O6/c1-2-13-25-21-19(24)23(26-14-16-9-5-3-6-10-16)28-18-15-27-22(29-20(18)21)17-11-7-4-8-12-17/h2-12,18-24H,1,13-15H2/t18-,19-,20-,21-,22+,23-/m1/s1. The van der Waals surface area contributed by atoms with Crippen LogP contribution < -0.4 is 0 Å². The van der Waals surface area contributed by atoms with E-state index in [0.29, 0.717) is 13.2 Å². The fourth-order valence-electron chi connectivity index (χ4n) is 3.60. The molecule has 4 rings (SSSR count). The van der Waals surface area contributed by atoms with Crippen LogP contribution in [0.15, 0.2) is 73.3 Å². The van der Waals surface area contributed by atoms with Gasteiger partial charge in [0.05, 0.1) is 19.8 Å². The molecule has 6 nitrogen and oxygen atoms in total. The molecular weight excluding hydrogens is 372 g/mol. The molecule has 2 aromatic carbocycles. The highest BCUT2D eigenvalue weighted by Crippen LogP contribution is 2.35. The van der Waals surface area contributed by atoms with Crippen molar-refractivity contribution in [1.29, 1.82) is 0 Å². The summed E-state index contributed by atoms with van der Waals surface area (Å²) in [5, 5.41) is 10.9. The second-order valence-corrected chi connectivity index (χ2v) is 7.09. The van der Waals surface area contributed by atoms with Crippen LogP contribution in [0.4, 0.5) is 0 Å². The van der Waals surface area contributed by atoms with Gasteiger partial charge in [-0.15, -0.1) is 6.58 Å². The first kappa shape index (κ1) is 20.2. The SMILES string of the molecule is C=CCO[C@@H]1[C@@H](O)[C@H](OCc2ccccc2)O[C@@H]2CO[C@H](c3ccccc3)O[C@@H]12. The van der Waals surface area contributed by atoms with Crippen LogP contribution in [-0.4, -0.2) is 49.0 Å². The Balaban J connectivity index is 1.47. The molecule has 0 radical (unpaired) electrons. The van der Waals surface area contributed by atoms with Crippen LogP contribution in [0.1, 0.15) is 17.4 Å². The summed E-state index contributed by atoms with van der Waals surface area (Å²) in [4.78, 5) is 0. The van der Waals surface area contributed by atoms with Crippen molar-refractivity contribution in [3.05, 3.63) is 84.4 Å². The van der Waals surface area contributed by atoms with E-state index in [2.05, 4.69) is 6.58 Å². The lowest BCUT2D eigenvalue weighted by molar-refractivity contribution is -0.366. The summed E-state index contributed by atoms with van der Waals surface area (Å²) in [6.07, 6.45) is -2.26. The normalized spacial score (nSPS) is 31.8. The number of hydrogen-bond acceptors (Lipinski definition) is 6. The molecule has 6 heteroatoms. The zero-order chi connectivity index (χ0) is 20.1. The Bertz CT molecular complexity index is 767. The summed E-state index contributed by atoms with van der Waals surface area (Å²) in [5.41, 5.74) is 1.90. The van der Waals surface area contributed by atoms with Crippen LogP contribution in [-0.2, 0) is 30.3 Å². The third-order valence-corrected chi connectivity index (χ3v) is 5.04. The first-order chi connectivity index (χ1) is 14.3. The lowest BCUT2D eigenvalue weighted by Crippen LogP contribution is -2.63. The van der Waals surface area contributed by atoms with Gasteiger partial charge in [0.1, 0.15) is 24.4 Å². The van der Waals surface area contributed by atoms with Crippen molar-refractivity contribution >= 4 is 0 Å². The van der Waals surface area contributed by atoms with Gasteiger partial charge in [0.25, 0.3) is 0 Å². The van der Waals surface area contributed by atoms with E-state index in [0.717, 1.165) is 11.1 Å². The highest BCUT2D eigenvalue weighted by atomic mass is 16.8. The van der Waals surface area contributed by atoms with E-state index in [-0.39, 0.29) is 6.61 Å². The van der Waals surface area contributed by atoms with E-state index in [1.807, 2.05) is 60.7 Å². The Hall–Kier alpha value is -2.06. The highest BCUT2D eigenvalue weighted by Gasteiger charge is 2.50. The van der Waals surface area contributed by atoms with Crippen LogP contribution in [0.3, 0.4) is 0 Å². The fraction of sp³-hybridized carbons (Fsp3) is 0.391. The molecular formula is C23H26O6. The molecule has 0 saturated carbocycles. The minimum Gasteiger partial charge on any atom is -0.385 e. The maximum atomic E-state index is 10.9. The van der Waals surface area contributed by atoms with Crippen LogP contribution in [0, 0.1) is 0 Å².